The van der Waals surface area contributed by atoms with E-state index in [1.807, 2.05) is 0 Å². The first kappa shape index (κ1) is 13.4. The first-order chi connectivity index (χ1) is 7.41. The number of sulfonamides is 1. The van der Waals surface area contributed by atoms with Gasteiger partial charge in [0.15, 0.2) is 0 Å². The highest BCUT2D eigenvalue weighted by Crippen LogP contribution is 2.27. The number of carboxylic acids is 1. The Hall–Kier alpha value is -0.620. The Morgan fingerprint density at radius 2 is 2.00 bits per heavy atom. The highest BCUT2D eigenvalue weighted by atomic mass is 32.2. The highest BCUT2D eigenvalue weighted by Gasteiger charge is 2.22. The molecule has 0 heterocycles. The second kappa shape index (κ2) is 5.63. The molecule has 1 atom stereocenters. The lowest BCUT2D eigenvalue weighted by molar-refractivity contribution is -0.138. The lowest BCUT2D eigenvalue weighted by atomic mass is 10.1. The van der Waals surface area contributed by atoms with Crippen LogP contribution in [0.15, 0.2) is 0 Å². The molecule has 0 amide bonds. The Labute approximate surface area is 96.3 Å². The van der Waals surface area contributed by atoms with Crippen LogP contribution in [-0.2, 0) is 14.8 Å². The number of nitrogens with one attached hydrogen (secondary N) is 1. The summed E-state index contributed by atoms with van der Waals surface area (Å²) in [7, 11) is -3.44. The van der Waals surface area contributed by atoms with Gasteiger partial charge in [-0.1, -0.05) is 25.7 Å². The van der Waals surface area contributed by atoms with Crippen LogP contribution in [0.2, 0.25) is 0 Å². The summed E-state index contributed by atoms with van der Waals surface area (Å²) < 4.78 is 25.2. The van der Waals surface area contributed by atoms with E-state index in [1.165, 1.54) is 19.8 Å². The molecule has 0 spiro atoms. The van der Waals surface area contributed by atoms with E-state index in [1.54, 1.807) is 0 Å². The molecular formula is C10H19NO4S. The standard InChI is InChI=1S/C10H19NO4S/c1-8(10(12)13)11-16(14,15)7-6-9-4-2-3-5-9/h8-9,11H,2-7H2,1H3,(H,12,13)/t8-/m0/s1. The second-order valence-corrected chi connectivity index (χ2v) is 6.31. The van der Waals surface area contributed by atoms with E-state index in [9.17, 15) is 13.2 Å². The van der Waals surface area contributed by atoms with Crippen molar-refractivity contribution in [2.75, 3.05) is 5.75 Å². The van der Waals surface area contributed by atoms with E-state index >= 15 is 0 Å². The molecule has 0 aromatic rings. The molecule has 1 fully saturated rings. The van der Waals surface area contributed by atoms with Crippen LogP contribution in [0.3, 0.4) is 0 Å². The van der Waals surface area contributed by atoms with Crippen LogP contribution in [0.5, 0.6) is 0 Å². The fraction of sp³-hybridized carbons (Fsp3) is 0.900. The van der Waals surface area contributed by atoms with Crippen LogP contribution in [0.25, 0.3) is 0 Å². The molecule has 2 N–H and O–H groups in total. The lowest BCUT2D eigenvalue weighted by Gasteiger charge is -2.12. The Kier molecular flexibility index (Phi) is 4.73. The van der Waals surface area contributed by atoms with Crippen LogP contribution >= 0.6 is 0 Å². The summed E-state index contributed by atoms with van der Waals surface area (Å²) in [6.07, 6.45) is 5.21. The maximum absolute atomic E-state index is 11.5. The zero-order valence-electron chi connectivity index (χ0n) is 9.48. The van der Waals surface area contributed by atoms with Gasteiger partial charge in [0.25, 0.3) is 0 Å². The van der Waals surface area contributed by atoms with Crippen molar-refractivity contribution in [1.82, 2.24) is 4.72 Å². The molecule has 0 radical (unpaired) electrons. The van der Waals surface area contributed by atoms with Crippen LogP contribution in [0.1, 0.15) is 39.0 Å². The normalized spacial score (nSPS) is 19.8. The van der Waals surface area contributed by atoms with E-state index < -0.39 is 22.0 Å². The van der Waals surface area contributed by atoms with Gasteiger partial charge in [0.05, 0.1) is 5.75 Å². The van der Waals surface area contributed by atoms with E-state index in [4.69, 9.17) is 5.11 Å². The van der Waals surface area contributed by atoms with Gasteiger partial charge in [0, 0.05) is 0 Å². The fourth-order valence-electron chi connectivity index (χ4n) is 2.00. The fourth-order valence-corrected chi connectivity index (χ4v) is 3.40. The maximum atomic E-state index is 11.5. The molecule has 16 heavy (non-hydrogen) atoms. The van der Waals surface area contributed by atoms with Crippen molar-refractivity contribution in [3.05, 3.63) is 0 Å². The quantitative estimate of drug-likeness (QED) is 0.734. The topological polar surface area (TPSA) is 83.5 Å². The van der Waals surface area contributed by atoms with Gasteiger partial charge in [-0.2, -0.15) is 0 Å². The van der Waals surface area contributed by atoms with Crippen molar-refractivity contribution in [3.8, 4) is 0 Å². The summed E-state index contributed by atoms with van der Waals surface area (Å²) in [5.41, 5.74) is 0. The summed E-state index contributed by atoms with van der Waals surface area (Å²) in [6, 6.07) is -1.05. The highest BCUT2D eigenvalue weighted by molar-refractivity contribution is 7.89. The second-order valence-electron chi connectivity index (χ2n) is 4.44. The van der Waals surface area contributed by atoms with Gasteiger partial charge in [0.1, 0.15) is 6.04 Å². The maximum Gasteiger partial charge on any atom is 0.321 e. The van der Waals surface area contributed by atoms with E-state index in [-0.39, 0.29) is 5.75 Å². The molecule has 5 nitrogen and oxygen atoms in total. The first-order valence-electron chi connectivity index (χ1n) is 5.63. The third-order valence-electron chi connectivity index (χ3n) is 3.00. The minimum atomic E-state index is -3.44. The average molecular weight is 249 g/mol. The average Bonchev–Trinajstić information content (AvgIpc) is 2.66. The van der Waals surface area contributed by atoms with Crippen molar-refractivity contribution in [2.45, 2.75) is 45.1 Å². The predicted molar refractivity (Wildman–Crippen MR) is 60.6 cm³/mol. The van der Waals surface area contributed by atoms with Crippen molar-refractivity contribution < 1.29 is 18.3 Å². The number of carboxylic acid groups (broad SMARTS) is 1. The molecule has 1 aliphatic carbocycles. The summed E-state index contributed by atoms with van der Waals surface area (Å²) in [5.74, 6) is -0.615. The summed E-state index contributed by atoms with van der Waals surface area (Å²) in [5, 5.41) is 8.60. The van der Waals surface area contributed by atoms with Gasteiger partial charge in [0.2, 0.25) is 10.0 Å². The summed E-state index contributed by atoms with van der Waals surface area (Å²) in [6.45, 7) is 1.33. The summed E-state index contributed by atoms with van der Waals surface area (Å²) in [4.78, 5) is 10.5. The number of carbonyl (C=O) groups is 1. The van der Waals surface area contributed by atoms with Gasteiger partial charge < -0.3 is 5.11 Å². The smallest absolute Gasteiger partial charge is 0.321 e. The minimum absolute atomic E-state index is 0.0370. The SMILES string of the molecule is C[C@H](NS(=O)(=O)CCC1CCCC1)C(=O)O. The van der Waals surface area contributed by atoms with Gasteiger partial charge in [-0.05, 0) is 19.3 Å². The molecular weight excluding hydrogens is 230 g/mol. The molecule has 6 heteroatoms. The van der Waals surface area contributed by atoms with E-state index in [2.05, 4.69) is 4.72 Å². The summed E-state index contributed by atoms with van der Waals surface area (Å²) >= 11 is 0. The molecule has 0 unspecified atom stereocenters. The predicted octanol–water partition coefficient (Wildman–Crippen LogP) is 0.959. The van der Waals surface area contributed by atoms with Crippen LogP contribution < -0.4 is 4.72 Å². The third kappa shape index (κ3) is 4.49. The van der Waals surface area contributed by atoms with Crippen LogP contribution in [0, 0.1) is 5.92 Å². The van der Waals surface area contributed by atoms with Crippen molar-refractivity contribution in [3.63, 3.8) is 0 Å². The van der Waals surface area contributed by atoms with Crippen LogP contribution in [0.4, 0.5) is 0 Å². The zero-order valence-corrected chi connectivity index (χ0v) is 10.3. The molecule has 0 aromatic heterocycles. The molecule has 94 valence electrons. The number of rotatable bonds is 6. The number of hydrogen-bond donors (Lipinski definition) is 2. The Morgan fingerprint density at radius 3 is 2.50 bits per heavy atom. The van der Waals surface area contributed by atoms with Gasteiger partial charge >= 0.3 is 5.97 Å². The molecule has 0 aromatic carbocycles. The minimum Gasteiger partial charge on any atom is -0.480 e. The molecule has 1 rings (SSSR count). The zero-order chi connectivity index (χ0) is 12.2. The monoisotopic (exact) mass is 249 g/mol. The van der Waals surface area contributed by atoms with Crippen molar-refractivity contribution >= 4 is 16.0 Å². The number of hydrogen-bond acceptors (Lipinski definition) is 3. The van der Waals surface area contributed by atoms with E-state index in [0.29, 0.717) is 12.3 Å². The molecule has 1 aliphatic rings. The molecule has 0 saturated heterocycles. The van der Waals surface area contributed by atoms with Crippen molar-refractivity contribution in [2.24, 2.45) is 5.92 Å². The first-order valence-corrected chi connectivity index (χ1v) is 7.29. The number of aliphatic carboxylic acids is 1. The van der Waals surface area contributed by atoms with Crippen molar-refractivity contribution in [1.29, 1.82) is 0 Å². The van der Waals surface area contributed by atoms with Gasteiger partial charge in [-0.15, -0.1) is 0 Å². The lowest BCUT2D eigenvalue weighted by Crippen LogP contribution is -2.39. The molecule has 1 saturated carbocycles. The van der Waals surface area contributed by atoms with Gasteiger partial charge in [-0.25, -0.2) is 13.1 Å². The Bertz CT molecular complexity index is 333. The van der Waals surface area contributed by atoms with Gasteiger partial charge in [-0.3, -0.25) is 4.79 Å². The Balaban J connectivity index is 2.36. The molecule has 0 bridgehead atoms. The Morgan fingerprint density at radius 1 is 1.44 bits per heavy atom. The largest absolute Gasteiger partial charge is 0.480 e. The van der Waals surface area contributed by atoms with E-state index in [0.717, 1.165) is 12.8 Å². The van der Waals surface area contributed by atoms with Crippen LogP contribution in [-0.4, -0.2) is 31.3 Å². The third-order valence-corrected chi connectivity index (χ3v) is 4.48. The molecule has 0 aliphatic heterocycles.